The number of hydrogen-bond donors (Lipinski definition) is 1. The molecule has 26 heavy (non-hydrogen) atoms. The molecule has 1 aliphatic heterocycles. The number of carbonyl (C=O) groups excluding carboxylic acids is 2. The fourth-order valence-electron chi connectivity index (χ4n) is 2.88. The lowest BCUT2D eigenvalue weighted by Crippen LogP contribution is -2.57. The van der Waals surface area contributed by atoms with Gasteiger partial charge in [0.2, 0.25) is 11.8 Å². The third kappa shape index (κ3) is 3.77. The van der Waals surface area contributed by atoms with Gasteiger partial charge in [-0.05, 0) is 32.4 Å². The van der Waals surface area contributed by atoms with Crippen molar-refractivity contribution in [3.8, 4) is 5.69 Å². The van der Waals surface area contributed by atoms with Crippen LogP contribution in [-0.2, 0) is 16.1 Å². The van der Waals surface area contributed by atoms with Crippen LogP contribution < -0.4 is 5.32 Å². The molecule has 2 amide bonds. The van der Waals surface area contributed by atoms with E-state index < -0.39 is 10.8 Å². The van der Waals surface area contributed by atoms with Crippen LogP contribution in [0.2, 0.25) is 0 Å². The highest BCUT2D eigenvalue weighted by Gasteiger charge is 2.38. The Morgan fingerprint density at radius 2 is 2.15 bits per heavy atom. The minimum absolute atomic E-state index is 0.0787. The summed E-state index contributed by atoms with van der Waals surface area (Å²) in [4.78, 5) is 26.4. The quantitative estimate of drug-likeness (QED) is 0.893. The topological polar surface area (TPSA) is 67.2 Å². The Bertz CT molecular complexity index is 830. The molecular weight excluding hydrogens is 348 g/mol. The maximum Gasteiger partial charge on any atom is 0.246 e. The minimum Gasteiger partial charge on any atom is -0.342 e. The Kier molecular flexibility index (Phi) is 5.09. The first-order valence-corrected chi connectivity index (χ1v) is 9.56. The monoisotopic (exact) mass is 372 g/mol. The summed E-state index contributed by atoms with van der Waals surface area (Å²) in [6.07, 6.45) is 3.71. The Balaban J connectivity index is 1.65. The zero-order chi connectivity index (χ0) is 18.9. The summed E-state index contributed by atoms with van der Waals surface area (Å²) in [5.74, 6) is 0.419. The van der Waals surface area contributed by atoms with Crippen LogP contribution in [0, 0.1) is 6.92 Å². The number of rotatable bonds is 4. The zero-order valence-electron chi connectivity index (χ0n) is 15.5. The largest absolute Gasteiger partial charge is 0.342 e. The van der Waals surface area contributed by atoms with Crippen LogP contribution in [0.4, 0.5) is 0 Å². The van der Waals surface area contributed by atoms with Crippen molar-refractivity contribution in [2.75, 3.05) is 12.8 Å². The molecule has 138 valence electrons. The van der Waals surface area contributed by atoms with Gasteiger partial charge in [0.25, 0.3) is 0 Å². The van der Waals surface area contributed by atoms with Gasteiger partial charge in [-0.3, -0.25) is 9.59 Å². The lowest BCUT2D eigenvalue weighted by atomic mass is 10.1. The molecule has 6 nitrogen and oxygen atoms in total. The summed E-state index contributed by atoms with van der Waals surface area (Å²) in [7, 11) is 1.75. The molecule has 2 aromatic rings. The molecule has 0 aliphatic carbocycles. The molecule has 1 aromatic heterocycles. The number of benzene rings is 1. The first-order valence-electron chi connectivity index (χ1n) is 8.57. The van der Waals surface area contributed by atoms with Crippen molar-refractivity contribution in [2.45, 2.75) is 38.1 Å². The number of nitrogens with zero attached hydrogens (tertiary/aromatic N) is 3. The third-order valence-electron chi connectivity index (χ3n) is 4.56. The van der Waals surface area contributed by atoms with Crippen molar-refractivity contribution < 1.29 is 9.59 Å². The van der Waals surface area contributed by atoms with E-state index in [1.54, 1.807) is 18.1 Å². The van der Waals surface area contributed by atoms with Crippen molar-refractivity contribution in [3.63, 3.8) is 0 Å². The van der Waals surface area contributed by atoms with Crippen molar-refractivity contribution >= 4 is 23.6 Å². The molecule has 1 aliphatic rings. The highest BCUT2D eigenvalue weighted by atomic mass is 32.2. The second-order valence-corrected chi connectivity index (χ2v) is 8.76. The molecule has 3 rings (SSSR count). The molecule has 1 fully saturated rings. The summed E-state index contributed by atoms with van der Waals surface area (Å²) in [5.41, 5.74) is 3.10. The zero-order valence-corrected chi connectivity index (χ0v) is 16.3. The average molecular weight is 372 g/mol. The van der Waals surface area contributed by atoms with Gasteiger partial charge < -0.3 is 10.2 Å². The fraction of sp³-hybridized carbons (Fsp3) is 0.421. The molecule has 0 spiro atoms. The van der Waals surface area contributed by atoms with Crippen LogP contribution in [0.1, 0.15) is 25.0 Å². The smallest absolute Gasteiger partial charge is 0.246 e. The van der Waals surface area contributed by atoms with Gasteiger partial charge in [0.1, 0.15) is 6.04 Å². The Hall–Kier alpha value is -2.28. The fourth-order valence-corrected chi connectivity index (χ4v) is 3.87. The van der Waals surface area contributed by atoms with Gasteiger partial charge in [0.15, 0.2) is 0 Å². The first kappa shape index (κ1) is 18.5. The molecule has 1 saturated heterocycles. The van der Waals surface area contributed by atoms with Gasteiger partial charge in [-0.15, -0.1) is 11.8 Å². The number of nitrogens with one attached hydrogen (secondary N) is 1. The predicted molar refractivity (Wildman–Crippen MR) is 103 cm³/mol. The normalized spacial score (nSPS) is 19.1. The van der Waals surface area contributed by atoms with Gasteiger partial charge in [-0.25, -0.2) is 4.68 Å². The minimum atomic E-state index is -0.482. The Labute approximate surface area is 157 Å². The molecule has 0 radical (unpaired) electrons. The molecular formula is C19H24N4O2S. The SMILES string of the molecule is Cc1ccccc1-n1cc(CN(C)C(=O)[C@H]2CSC(C)(C)C(=O)N2)cn1. The summed E-state index contributed by atoms with van der Waals surface area (Å²) in [6, 6.07) is 7.55. The molecule has 0 saturated carbocycles. The lowest BCUT2D eigenvalue weighted by Gasteiger charge is -2.34. The number of thioether (sulfide) groups is 1. The first-order chi connectivity index (χ1) is 12.3. The Morgan fingerprint density at radius 1 is 1.42 bits per heavy atom. The summed E-state index contributed by atoms with van der Waals surface area (Å²) < 4.78 is 1.34. The van der Waals surface area contributed by atoms with E-state index in [1.807, 2.05) is 55.9 Å². The number of likely N-dealkylation sites (N-methyl/N-ethyl adjacent to an activating group) is 1. The molecule has 0 unspecified atom stereocenters. The highest BCUT2D eigenvalue weighted by Crippen LogP contribution is 2.29. The Morgan fingerprint density at radius 3 is 2.85 bits per heavy atom. The number of para-hydroxylation sites is 1. The maximum absolute atomic E-state index is 12.7. The van der Waals surface area contributed by atoms with Crippen LogP contribution in [-0.4, -0.2) is 50.1 Å². The maximum atomic E-state index is 12.7. The number of amides is 2. The van der Waals surface area contributed by atoms with Crippen LogP contribution in [0.3, 0.4) is 0 Å². The highest BCUT2D eigenvalue weighted by molar-refractivity contribution is 8.01. The van der Waals surface area contributed by atoms with Gasteiger partial charge in [-0.2, -0.15) is 5.10 Å². The van der Waals surface area contributed by atoms with Crippen molar-refractivity contribution in [1.82, 2.24) is 20.0 Å². The van der Waals surface area contributed by atoms with E-state index in [0.717, 1.165) is 16.8 Å². The van der Waals surface area contributed by atoms with E-state index in [0.29, 0.717) is 12.3 Å². The van der Waals surface area contributed by atoms with Gasteiger partial charge in [0, 0.05) is 31.1 Å². The van der Waals surface area contributed by atoms with Crippen LogP contribution in [0.5, 0.6) is 0 Å². The van der Waals surface area contributed by atoms with E-state index in [1.165, 1.54) is 11.8 Å². The van der Waals surface area contributed by atoms with Crippen LogP contribution in [0.15, 0.2) is 36.7 Å². The summed E-state index contributed by atoms with van der Waals surface area (Å²) in [6.45, 7) is 6.23. The number of hydrogen-bond acceptors (Lipinski definition) is 4. The molecule has 7 heteroatoms. The molecule has 1 N–H and O–H groups in total. The van der Waals surface area contributed by atoms with Crippen molar-refractivity contribution in [2.24, 2.45) is 0 Å². The molecule has 2 heterocycles. The number of carbonyl (C=O) groups is 2. The van der Waals surface area contributed by atoms with E-state index in [9.17, 15) is 9.59 Å². The van der Waals surface area contributed by atoms with Crippen molar-refractivity contribution in [3.05, 3.63) is 47.8 Å². The average Bonchev–Trinajstić information content (AvgIpc) is 3.05. The van der Waals surface area contributed by atoms with Gasteiger partial charge in [0.05, 0.1) is 16.6 Å². The van der Waals surface area contributed by atoms with Crippen LogP contribution in [0.25, 0.3) is 5.69 Å². The van der Waals surface area contributed by atoms with E-state index >= 15 is 0 Å². The third-order valence-corrected chi connectivity index (χ3v) is 5.96. The second-order valence-electron chi connectivity index (χ2n) is 7.12. The van der Waals surface area contributed by atoms with Crippen molar-refractivity contribution in [1.29, 1.82) is 0 Å². The van der Waals surface area contributed by atoms with Gasteiger partial charge in [-0.1, -0.05) is 18.2 Å². The number of aryl methyl sites for hydroxylation is 1. The lowest BCUT2D eigenvalue weighted by molar-refractivity contribution is -0.136. The molecule has 0 bridgehead atoms. The number of aromatic nitrogens is 2. The van der Waals surface area contributed by atoms with E-state index in [2.05, 4.69) is 10.4 Å². The second kappa shape index (κ2) is 7.15. The van der Waals surface area contributed by atoms with E-state index in [-0.39, 0.29) is 11.8 Å². The van der Waals surface area contributed by atoms with Crippen LogP contribution >= 0.6 is 11.8 Å². The summed E-state index contributed by atoms with van der Waals surface area (Å²) >= 11 is 1.52. The molecule has 1 aromatic carbocycles. The predicted octanol–water partition coefficient (Wildman–Crippen LogP) is 2.15. The van der Waals surface area contributed by atoms with Gasteiger partial charge >= 0.3 is 0 Å². The van der Waals surface area contributed by atoms with E-state index in [4.69, 9.17) is 0 Å². The summed E-state index contributed by atoms with van der Waals surface area (Å²) in [5, 5.41) is 7.25. The standard InChI is InChI=1S/C19H24N4O2S/c1-13-7-5-6-8-16(13)23-11-14(9-20-23)10-22(4)17(24)15-12-26-19(2,3)18(25)21-15/h5-9,11,15H,10,12H2,1-4H3,(H,21,25)/t15-/m1/s1. The molecule has 1 atom stereocenters.